The average Bonchev–Trinajstić information content (AvgIpc) is 2.00. The van der Waals surface area contributed by atoms with Crippen LogP contribution in [0.25, 0.3) is 0 Å². The SMILES string of the molecule is CCCC(=PC)C(=O)OCC. The minimum Gasteiger partial charge on any atom is -0.462 e. The lowest BCUT2D eigenvalue weighted by molar-refractivity contribution is -0.134. The second-order valence-electron chi connectivity index (χ2n) is 2.14. The summed E-state index contributed by atoms with van der Waals surface area (Å²) in [4.78, 5) is 11.1. The van der Waals surface area contributed by atoms with Gasteiger partial charge < -0.3 is 4.74 Å². The Hall–Kier alpha value is -0.360. The Balaban J connectivity index is 3.94. The summed E-state index contributed by atoms with van der Waals surface area (Å²) in [6.45, 7) is 6.32. The zero-order valence-electron chi connectivity index (χ0n) is 7.39. The van der Waals surface area contributed by atoms with Crippen LogP contribution in [-0.2, 0) is 9.53 Å². The largest absolute Gasteiger partial charge is 0.462 e. The molecule has 0 saturated carbocycles. The van der Waals surface area contributed by atoms with E-state index in [4.69, 9.17) is 4.74 Å². The summed E-state index contributed by atoms with van der Waals surface area (Å²) in [5.41, 5.74) is 0. The van der Waals surface area contributed by atoms with Gasteiger partial charge in [0.25, 0.3) is 0 Å². The van der Waals surface area contributed by atoms with Crippen molar-refractivity contribution in [3.63, 3.8) is 0 Å². The first-order valence-electron chi connectivity index (χ1n) is 3.89. The number of ether oxygens (including phenoxy) is 1. The molecule has 0 aromatic heterocycles. The molecule has 0 amide bonds. The first-order valence-corrected chi connectivity index (χ1v) is 5.23. The molecule has 0 aromatic rings. The highest BCUT2D eigenvalue weighted by Crippen LogP contribution is 2.03. The molecule has 0 rings (SSSR count). The molecule has 0 saturated heterocycles. The molecule has 0 fully saturated rings. The Morgan fingerprint density at radius 3 is 2.45 bits per heavy atom. The van der Waals surface area contributed by atoms with E-state index < -0.39 is 0 Å². The standard InChI is InChI=1S/C8H15O2P/c1-4-6-7(11-3)8(9)10-5-2/h4-6H2,1-3H3. The fourth-order valence-corrected chi connectivity index (χ4v) is 1.45. The molecule has 0 bridgehead atoms. The lowest BCUT2D eigenvalue weighted by Crippen LogP contribution is -2.15. The Bertz CT molecular complexity index is 152. The first-order chi connectivity index (χ1) is 5.26. The molecule has 0 atom stereocenters. The van der Waals surface area contributed by atoms with Crippen molar-refractivity contribution in [3.05, 3.63) is 0 Å². The van der Waals surface area contributed by atoms with Gasteiger partial charge in [0.1, 0.15) is 0 Å². The van der Waals surface area contributed by atoms with Gasteiger partial charge in [-0.25, -0.2) is 4.79 Å². The Morgan fingerprint density at radius 2 is 2.09 bits per heavy atom. The molecule has 0 unspecified atom stereocenters. The van der Waals surface area contributed by atoms with Crippen LogP contribution in [-0.4, -0.2) is 24.5 Å². The van der Waals surface area contributed by atoms with Crippen molar-refractivity contribution < 1.29 is 9.53 Å². The van der Waals surface area contributed by atoms with Crippen LogP contribution in [0.5, 0.6) is 0 Å². The van der Waals surface area contributed by atoms with E-state index in [1.54, 1.807) is 0 Å². The third-order valence-corrected chi connectivity index (χ3v) is 2.21. The van der Waals surface area contributed by atoms with Gasteiger partial charge in [0, 0.05) is 0 Å². The zero-order valence-corrected chi connectivity index (χ0v) is 8.28. The lowest BCUT2D eigenvalue weighted by Gasteiger charge is -2.02. The fourth-order valence-electron chi connectivity index (χ4n) is 0.756. The Labute approximate surface area is 69.7 Å². The number of carbonyl (C=O) groups is 1. The summed E-state index contributed by atoms with van der Waals surface area (Å²) in [6, 6.07) is 0. The van der Waals surface area contributed by atoms with Crippen LogP contribution in [0.1, 0.15) is 26.7 Å². The summed E-state index contributed by atoms with van der Waals surface area (Å²) in [6.07, 6.45) is 1.87. The molecule has 0 spiro atoms. The van der Waals surface area contributed by atoms with Crippen LogP contribution in [0, 0.1) is 0 Å². The molecule has 0 N–H and O–H groups in total. The van der Waals surface area contributed by atoms with Crippen molar-refractivity contribution in [1.29, 1.82) is 0 Å². The maximum atomic E-state index is 11.1. The van der Waals surface area contributed by atoms with Gasteiger partial charge in [-0.2, -0.15) is 0 Å². The molecule has 11 heavy (non-hydrogen) atoms. The minimum absolute atomic E-state index is 0.126. The third kappa shape index (κ3) is 4.15. The van der Waals surface area contributed by atoms with Crippen LogP contribution in [0.3, 0.4) is 0 Å². The summed E-state index contributed by atoms with van der Waals surface area (Å²) in [5.74, 6) is -0.126. The van der Waals surface area contributed by atoms with E-state index in [0.717, 1.165) is 26.3 Å². The maximum absolute atomic E-state index is 11.1. The van der Waals surface area contributed by atoms with Crippen molar-refractivity contribution in [2.45, 2.75) is 26.7 Å². The number of carbonyl (C=O) groups excluding carboxylic acids is 1. The van der Waals surface area contributed by atoms with Gasteiger partial charge in [0.15, 0.2) is 0 Å². The van der Waals surface area contributed by atoms with Gasteiger partial charge in [-0.3, -0.25) is 0 Å². The van der Waals surface area contributed by atoms with E-state index in [2.05, 4.69) is 6.92 Å². The third-order valence-electron chi connectivity index (χ3n) is 1.27. The van der Waals surface area contributed by atoms with E-state index in [1.807, 2.05) is 13.6 Å². The normalized spacial score (nSPS) is 11.4. The van der Waals surface area contributed by atoms with Gasteiger partial charge in [0.2, 0.25) is 0 Å². The van der Waals surface area contributed by atoms with Gasteiger partial charge >= 0.3 is 5.97 Å². The molecule has 3 heteroatoms. The second kappa shape index (κ2) is 6.36. The molecule has 0 aliphatic rings. The molecule has 2 nitrogen and oxygen atoms in total. The quantitative estimate of drug-likeness (QED) is 0.482. The van der Waals surface area contributed by atoms with E-state index in [9.17, 15) is 4.79 Å². The zero-order chi connectivity index (χ0) is 8.69. The van der Waals surface area contributed by atoms with Crippen molar-refractivity contribution in [2.24, 2.45) is 0 Å². The van der Waals surface area contributed by atoms with Gasteiger partial charge in [0.05, 0.1) is 11.9 Å². The van der Waals surface area contributed by atoms with Crippen LogP contribution in [0.4, 0.5) is 0 Å². The topological polar surface area (TPSA) is 26.3 Å². The Kier molecular flexibility index (Phi) is 6.15. The number of esters is 1. The molecule has 0 aromatic carbocycles. The van der Waals surface area contributed by atoms with Crippen LogP contribution in [0.2, 0.25) is 0 Å². The maximum Gasteiger partial charge on any atom is 0.338 e. The van der Waals surface area contributed by atoms with Crippen molar-refractivity contribution in [1.82, 2.24) is 0 Å². The summed E-state index contributed by atoms with van der Waals surface area (Å²) in [5, 5.41) is 0.884. The van der Waals surface area contributed by atoms with Gasteiger partial charge in [-0.05, 0) is 20.0 Å². The first kappa shape index (κ1) is 10.6. The van der Waals surface area contributed by atoms with E-state index in [0.29, 0.717) is 6.61 Å². The predicted molar refractivity (Wildman–Crippen MR) is 49.4 cm³/mol. The molecular formula is C8H15O2P. The van der Waals surface area contributed by atoms with Crippen molar-refractivity contribution in [3.8, 4) is 0 Å². The predicted octanol–water partition coefficient (Wildman–Crippen LogP) is 2.10. The Morgan fingerprint density at radius 1 is 1.45 bits per heavy atom. The van der Waals surface area contributed by atoms with Gasteiger partial charge in [-0.15, -0.1) is 0 Å². The molecule has 0 radical (unpaired) electrons. The minimum atomic E-state index is -0.126. The highest BCUT2D eigenvalue weighted by molar-refractivity contribution is 7.42. The molecule has 0 aliphatic heterocycles. The van der Waals surface area contributed by atoms with Crippen molar-refractivity contribution >= 4 is 19.5 Å². The fraction of sp³-hybridized carbons (Fsp3) is 0.750. The van der Waals surface area contributed by atoms with Crippen molar-refractivity contribution in [2.75, 3.05) is 13.3 Å². The summed E-state index contributed by atoms with van der Waals surface area (Å²) < 4.78 is 4.86. The summed E-state index contributed by atoms with van der Waals surface area (Å²) >= 11 is 0. The average molecular weight is 174 g/mol. The smallest absolute Gasteiger partial charge is 0.338 e. The van der Waals surface area contributed by atoms with Crippen LogP contribution in [0.15, 0.2) is 0 Å². The lowest BCUT2D eigenvalue weighted by atomic mass is 10.2. The molecule has 64 valence electrons. The highest BCUT2D eigenvalue weighted by atomic mass is 31.1. The second-order valence-corrected chi connectivity index (χ2v) is 3.13. The number of hydrogen-bond donors (Lipinski definition) is 0. The number of rotatable bonds is 4. The van der Waals surface area contributed by atoms with E-state index in [1.165, 1.54) is 0 Å². The van der Waals surface area contributed by atoms with E-state index >= 15 is 0 Å². The monoisotopic (exact) mass is 174 g/mol. The molecule has 0 aliphatic carbocycles. The molecule has 0 heterocycles. The summed E-state index contributed by atoms with van der Waals surface area (Å²) in [7, 11) is 1.04. The highest BCUT2D eigenvalue weighted by Gasteiger charge is 2.07. The van der Waals surface area contributed by atoms with Crippen LogP contribution < -0.4 is 0 Å². The number of hydrogen-bond acceptors (Lipinski definition) is 2. The van der Waals surface area contributed by atoms with Crippen LogP contribution >= 0.6 is 8.20 Å². The van der Waals surface area contributed by atoms with E-state index in [-0.39, 0.29) is 5.97 Å². The molecular weight excluding hydrogens is 159 g/mol. The van der Waals surface area contributed by atoms with Gasteiger partial charge in [-0.1, -0.05) is 21.5 Å².